The first kappa shape index (κ1) is 18.5. The van der Waals surface area contributed by atoms with Gasteiger partial charge in [-0.3, -0.25) is 9.59 Å². The summed E-state index contributed by atoms with van der Waals surface area (Å²) in [7, 11) is 0. The molecule has 2 heterocycles. The molecular weight excluding hydrogens is 418 g/mol. The van der Waals surface area contributed by atoms with Crippen LogP contribution in [0.4, 0.5) is 0 Å². The van der Waals surface area contributed by atoms with Crippen molar-refractivity contribution in [3.8, 4) is 5.69 Å². The van der Waals surface area contributed by atoms with Gasteiger partial charge in [0, 0.05) is 0 Å². The van der Waals surface area contributed by atoms with Crippen LogP contribution in [-0.2, 0) is 9.63 Å². The number of para-hydroxylation sites is 1. The van der Waals surface area contributed by atoms with E-state index in [0.717, 1.165) is 17.4 Å². The van der Waals surface area contributed by atoms with Gasteiger partial charge in [0.1, 0.15) is 5.75 Å². The van der Waals surface area contributed by atoms with Gasteiger partial charge in [-0.1, -0.05) is 58.5 Å². The van der Waals surface area contributed by atoms with Gasteiger partial charge in [0.05, 0.1) is 16.8 Å². The molecule has 0 spiro atoms. The Kier molecular flexibility index (Phi) is 5.07. The van der Waals surface area contributed by atoms with E-state index in [9.17, 15) is 14.4 Å². The Labute approximate surface area is 172 Å². The minimum Gasteiger partial charge on any atom is -0.329 e. The van der Waals surface area contributed by atoms with E-state index in [1.165, 1.54) is 23.5 Å². The number of fused-ring (bicyclic) bond motifs is 1. The maximum Gasteiger partial charge on any atom is 0.343 e. The van der Waals surface area contributed by atoms with E-state index in [0.29, 0.717) is 13.4 Å². The first-order chi connectivity index (χ1) is 13.5. The molecule has 10 heteroatoms. The molecule has 0 radical (unpaired) electrons. The summed E-state index contributed by atoms with van der Waals surface area (Å²) in [5.74, 6) is -2.15. The number of rotatable bonds is 5. The molecule has 0 aliphatic carbocycles. The van der Waals surface area contributed by atoms with E-state index in [-0.39, 0.29) is 16.9 Å². The van der Waals surface area contributed by atoms with Crippen molar-refractivity contribution in [1.82, 2.24) is 14.8 Å². The average molecular weight is 430 g/mol. The lowest BCUT2D eigenvalue weighted by molar-refractivity contribution is -0.165. The Morgan fingerprint density at radius 1 is 1.04 bits per heavy atom. The third-order valence-electron chi connectivity index (χ3n) is 3.79. The molecule has 140 valence electrons. The molecule has 2 aromatic carbocycles. The van der Waals surface area contributed by atoms with Crippen molar-refractivity contribution < 1.29 is 19.2 Å². The molecule has 0 N–H and O–H groups in total. The number of aromatic nitrogens is 2. The largest absolute Gasteiger partial charge is 0.343 e. The van der Waals surface area contributed by atoms with Crippen LogP contribution in [0, 0.1) is 3.95 Å². The van der Waals surface area contributed by atoms with Crippen LogP contribution in [0.25, 0.3) is 5.69 Å². The molecule has 0 bridgehead atoms. The number of carbonyl (C=O) groups is 3. The molecule has 3 aromatic rings. The topological polar surface area (TPSA) is 81.5 Å². The number of hydrogen-bond donors (Lipinski definition) is 0. The maximum absolute atomic E-state index is 12.2. The molecule has 0 fully saturated rings. The number of hydrogen-bond acceptors (Lipinski definition) is 8. The molecule has 0 unspecified atom stereocenters. The fourth-order valence-corrected chi connectivity index (χ4v) is 4.68. The monoisotopic (exact) mass is 429 g/mol. The summed E-state index contributed by atoms with van der Waals surface area (Å²) >= 11 is 7.70. The molecular formula is C18H11N3O4S3. The Hall–Kier alpha value is -2.82. The fraction of sp³-hybridized carbons (Fsp3) is 0.0556. The minimum atomic E-state index is -0.730. The first-order valence-electron chi connectivity index (χ1n) is 8.01. The Morgan fingerprint density at radius 2 is 1.64 bits per heavy atom. The molecule has 0 saturated carbocycles. The predicted octanol–water partition coefficient (Wildman–Crippen LogP) is 3.51. The quantitative estimate of drug-likeness (QED) is 0.349. The van der Waals surface area contributed by atoms with Crippen molar-refractivity contribution >= 4 is 53.1 Å². The second kappa shape index (κ2) is 7.66. The van der Waals surface area contributed by atoms with E-state index in [4.69, 9.17) is 17.1 Å². The predicted molar refractivity (Wildman–Crippen MR) is 106 cm³/mol. The smallest absolute Gasteiger partial charge is 0.329 e. The lowest BCUT2D eigenvalue weighted by Crippen LogP contribution is -2.33. The first-order valence-corrected chi connectivity index (χ1v) is 10.2. The summed E-state index contributed by atoms with van der Waals surface area (Å²) < 4.78 is 2.73. The third-order valence-corrected chi connectivity index (χ3v) is 6.13. The molecule has 1 aliphatic rings. The van der Waals surface area contributed by atoms with Gasteiger partial charge in [-0.15, -0.1) is 5.10 Å². The van der Waals surface area contributed by atoms with Gasteiger partial charge in [-0.2, -0.15) is 0 Å². The van der Waals surface area contributed by atoms with Crippen molar-refractivity contribution in [2.75, 3.05) is 5.75 Å². The summed E-state index contributed by atoms with van der Waals surface area (Å²) in [5, 5.41) is 4.88. The molecule has 0 saturated heterocycles. The molecule has 4 rings (SSSR count). The normalized spacial score (nSPS) is 12.9. The van der Waals surface area contributed by atoms with E-state index in [2.05, 4.69) is 5.10 Å². The SMILES string of the molecule is O=C(CSc1nn(-c2ccccc2)c(=S)s1)ON1C(=O)c2ccccc2C1=O. The number of imide groups is 1. The summed E-state index contributed by atoms with van der Waals surface area (Å²) in [6.45, 7) is 0. The van der Waals surface area contributed by atoms with Crippen LogP contribution >= 0.6 is 35.3 Å². The molecule has 28 heavy (non-hydrogen) atoms. The number of carbonyl (C=O) groups excluding carboxylic acids is 3. The van der Waals surface area contributed by atoms with Crippen LogP contribution < -0.4 is 0 Å². The van der Waals surface area contributed by atoms with Crippen molar-refractivity contribution in [2.24, 2.45) is 0 Å². The van der Waals surface area contributed by atoms with E-state index >= 15 is 0 Å². The molecule has 0 atom stereocenters. The van der Waals surface area contributed by atoms with Crippen LogP contribution in [0.15, 0.2) is 58.9 Å². The van der Waals surface area contributed by atoms with E-state index < -0.39 is 17.8 Å². The van der Waals surface area contributed by atoms with Gasteiger partial charge in [0.25, 0.3) is 11.8 Å². The zero-order chi connectivity index (χ0) is 19.7. The van der Waals surface area contributed by atoms with Crippen LogP contribution in [0.2, 0.25) is 0 Å². The number of nitrogens with zero attached hydrogens (tertiary/aromatic N) is 3. The molecule has 1 aromatic heterocycles. The van der Waals surface area contributed by atoms with Crippen molar-refractivity contribution in [3.05, 3.63) is 69.7 Å². The number of amides is 2. The molecule has 2 amide bonds. The second-order valence-electron chi connectivity index (χ2n) is 5.58. The van der Waals surface area contributed by atoms with Gasteiger partial charge in [-0.05, 0) is 36.5 Å². The lowest BCUT2D eigenvalue weighted by Gasteiger charge is -2.11. The van der Waals surface area contributed by atoms with Gasteiger partial charge >= 0.3 is 5.97 Å². The Bertz CT molecular complexity index is 1110. The number of hydroxylamine groups is 2. The van der Waals surface area contributed by atoms with E-state index in [1.54, 1.807) is 16.8 Å². The van der Waals surface area contributed by atoms with Crippen molar-refractivity contribution in [1.29, 1.82) is 0 Å². The zero-order valence-electron chi connectivity index (χ0n) is 14.1. The maximum atomic E-state index is 12.2. The average Bonchev–Trinajstić information content (AvgIpc) is 3.20. The zero-order valence-corrected chi connectivity index (χ0v) is 16.6. The van der Waals surface area contributed by atoms with Crippen LogP contribution in [-0.4, -0.2) is 38.4 Å². The molecule has 1 aliphatic heterocycles. The highest BCUT2D eigenvalue weighted by molar-refractivity contribution is 8.01. The summed E-state index contributed by atoms with van der Waals surface area (Å²) in [6.07, 6.45) is 0. The van der Waals surface area contributed by atoms with Crippen molar-refractivity contribution in [3.63, 3.8) is 0 Å². The van der Waals surface area contributed by atoms with Gasteiger partial charge < -0.3 is 4.84 Å². The number of benzene rings is 2. The fourth-order valence-electron chi connectivity index (χ4n) is 2.55. The Morgan fingerprint density at radius 3 is 2.29 bits per heavy atom. The highest BCUT2D eigenvalue weighted by atomic mass is 32.2. The van der Waals surface area contributed by atoms with Crippen LogP contribution in [0.5, 0.6) is 0 Å². The van der Waals surface area contributed by atoms with E-state index in [1.807, 2.05) is 30.3 Å². The highest BCUT2D eigenvalue weighted by Gasteiger charge is 2.38. The summed E-state index contributed by atoms with van der Waals surface area (Å²) in [6, 6.07) is 15.7. The van der Waals surface area contributed by atoms with Crippen LogP contribution in [0.3, 0.4) is 0 Å². The third kappa shape index (κ3) is 3.49. The van der Waals surface area contributed by atoms with Crippen LogP contribution in [0.1, 0.15) is 20.7 Å². The van der Waals surface area contributed by atoms with Gasteiger partial charge in [0.15, 0.2) is 8.29 Å². The number of thioether (sulfide) groups is 1. The Balaban J connectivity index is 1.40. The van der Waals surface area contributed by atoms with Gasteiger partial charge in [0.2, 0.25) is 0 Å². The summed E-state index contributed by atoms with van der Waals surface area (Å²) in [4.78, 5) is 41.5. The standard InChI is InChI=1S/C18H11N3O4S3/c22-14(25-21-15(23)12-8-4-5-9-13(12)16(21)24)10-27-17-19-20(18(26)28-17)11-6-2-1-3-7-11/h1-9H,10H2. The summed E-state index contributed by atoms with van der Waals surface area (Å²) in [5.41, 5.74) is 1.25. The lowest BCUT2D eigenvalue weighted by atomic mass is 10.1. The highest BCUT2D eigenvalue weighted by Crippen LogP contribution is 2.26. The minimum absolute atomic E-state index is 0.121. The van der Waals surface area contributed by atoms with Crippen molar-refractivity contribution in [2.45, 2.75) is 4.34 Å². The second-order valence-corrected chi connectivity index (χ2v) is 8.43. The molecule has 7 nitrogen and oxygen atoms in total. The van der Waals surface area contributed by atoms with Gasteiger partial charge in [-0.25, -0.2) is 9.48 Å².